The van der Waals surface area contributed by atoms with Gasteiger partial charge in [0, 0.05) is 17.9 Å². The summed E-state index contributed by atoms with van der Waals surface area (Å²) < 4.78 is 9.85. The highest BCUT2D eigenvalue weighted by Crippen LogP contribution is 2.19. The SMILES string of the molecule is Cc1cc(CSC(C)C(=O)Nc2cc(C)on2)no1. The van der Waals surface area contributed by atoms with Crippen LogP contribution < -0.4 is 5.32 Å². The van der Waals surface area contributed by atoms with Gasteiger partial charge in [0.05, 0.1) is 10.9 Å². The largest absolute Gasteiger partial charge is 0.361 e. The fourth-order valence-corrected chi connectivity index (χ4v) is 2.19. The molecule has 0 fully saturated rings. The molecule has 0 aliphatic heterocycles. The summed E-state index contributed by atoms with van der Waals surface area (Å²) in [4.78, 5) is 11.9. The first-order chi connectivity index (χ1) is 9.04. The smallest absolute Gasteiger partial charge is 0.238 e. The van der Waals surface area contributed by atoms with E-state index in [1.54, 1.807) is 13.0 Å². The minimum Gasteiger partial charge on any atom is -0.361 e. The summed E-state index contributed by atoms with van der Waals surface area (Å²) in [6.07, 6.45) is 0. The number of hydrogen-bond acceptors (Lipinski definition) is 6. The van der Waals surface area contributed by atoms with Crippen LogP contribution in [-0.4, -0.2) is 21.5 Å². The number of aryl methyl sites for hydroxylation is 2. The third kappa shape index (κ3) is 3.85. The number of hydrogen-bond donors (Lipinski definition) is 1. The molecule has 7 heteroatoms. The van der Waals surface area contributed by atoms with Crippen LogP contribution in [0.1, 0.15) is 24.1 Å². The highest BCUT2D eigenvalue weighted by molar-refractivity contribution is 7.99. The molecule has 0 saturated heterocycles. The lowest BCUT2D eigenvalue weighted by atomic mass is 10.4. The Kier molecular flexibility index (Phi) is 4.26. The Morgan fingerprint density at radius 3 is 2.58 bits per heavy atom. The second kappa shape index (κ2) is 5.92. The van der Waals surface area contributed by atoms with E-state index < -0.39 is 0 Å². The molecular formula is C12H15N3O3S. The molecule has 1 N–H and O–H groups in total. The maximum atomic E-state index is 11.9. The number of thioether (sulfide) groups is 1. The second-order valence-corrected chi connectivity index (χ2v) is 5.52. The molecule has 1 amide bonds. The monoisotopic (exact) mass is 281 g/mol. The number of anilines is 1. The zero-order chi connectivity index (χ0) is 13.8. The maximum absolute atomic E-state index is 11.9. The number of carbonyl (C=O) groups excluding carboxylic acids is 1. The Hall–Kier alpha value is -1.76. The zero-order valence-electron chi connectivity index (χ0n) is 11.0. The number of nitrogens with zero attached hydrogens (tertiary/aromatic N) is 2. The fraction of sp³-hybridized carbons (Fsp3) is 0.417. The summed E-state index contributed by atoms with van der Waals surface area (Å²) in [6.45, 7) is 5.44. The van der Waals surface area contributed by atoms with E-state index >= 15 is 0 Å². The summed E-state index contributed by atoms with van der Waals surface area (Å²) >= 11 is 1.48. The van der Waals surface area contributed by atoms with Gasteiger partial charge >= 0.3 is 0 Å². The second-order valence-electron chi connectivity index (χ2n) is 4.19. The van der Waals surface area contributed by atoms with Crippen molar-refractivity contribution in [2.45, 2.75) is 31.8 Å². The Bertz CT molecular complexity index is 564. The van der Waals surface area contributed by atoms with E-state index in [1.807, 2.05) is 19.9 Å². The van der Waals surface area contributed by atoms with Crippen LogP contribution in [0.2, 0.25) is 0 Å². The van der Waals surface area contributed by atoms with Crippen molar-refractivity contribution in [2.75, 3.05) is 5.32 Å². The summed E-state index contributed by atoms with van der Waals surface area (Å²) in [5, 5.41) is 10.1. The van der Waals surface area contributed by atoms with Crippen molar-refractivity contribution in [3.05, 3.63) is 29.3 Å². The summed E-state index contributed by atoms with van der Waals surface area (Å²) in [7, 11) is 0. The highest BCUT2D eigenvalue weighted by atomic mass is 32.2. The van der Waals surface area contributed by atoms with E-state index in [4.69, 9.17) is 9.05 Å². The van der Waals surface area contributed by atoms with Crippen molar-refractivity contribution in [3.63, 3.8) is 0 Å². The molecule has 2 heterocycles. The van der Waals surface area contributed by atoms with Crippen molar-refractivity contribution in [1.29, 1.82) is 0 Å². The van der Waals surface area contributed by atoms with Gasteiger partial charge in [-0.2, -0.15) is 0 Å². The normalized spacial score (nSPS) is 12.4. The van der Waals surface area contributed by atoms with Crippen molar-refractivity contribution < 1.29 is 13.8 Å². The van der Waals surface area contributed by atoms with E-state index in [-0.39, 0.29) is 11.2 Å². The van der Waals surface area contributed by atoms with E-state index in [0.717, 1.165) is 11.5 Å². The van der Waals surface area contributed by atoms with Crippen LogP contribution in [0, 0.1) is 13.8 Å². The molecule has 0 saturated carbocycles. The first-order valence-electron chi connectivity index (χ1n) is 5.82. The van der Waals surface area contributed by atoms with Gasteiger partial charge in [0.2, 0.25) is 5.91 Å². The van der Waals surface area contributed by atoms with Gasteiger partial charge in [0.15, 0.2) is 5.82 Å². The first kappa shape index (κ1) is 13.7. The van der Waals surface area contributed by atoms with Crippen LogP contribution in [0.3, 0.4) is 0 Å². The van der Waals surface area contributed by atoms with E-state index in [1.165, 1.54) is 11.8 Å². The number of amides is 1. The summed E-state index contributed by atoms with van der Waals surface area (Å²) in [6, 6.07) is 3.54. The average Bonchev–Trinajstić information content (AvgIpc) is 2.95. The molecule has 19 heavy (non-hydrogen) atoms. The standard InChI is InChI=1S/C12H15N3O3S/c1-7-4-10(14-17-7)6-19-9(3)12(16)13-11-5-8(2)18-15-11/h4-5,9H,6H2,1-3H3,(H,13,15,16). The molecule has 0 spiro atoms. The van der Waals surface area contributed by atoms with Gasteiger partial charge in [-0.15, -0.1) is 11.8 Å². The Balaban J connectivity index is 1.82. The van der Waals surface area contributed by atoms with Crippen molar-refractivity contribution >= 4 is 23.5 Å². The molecule has 2 aromatic rings. The average molecular weight is 281 g/mol. The van der Waals surface area contributed by atoms with Gasteiger partial charge < -0.3 is 14.4 Å². The molecule has 6 nitrogen and oxygen atoms in total. The molecule has 0 aliphatic carbocycles. The lowest BCUT2D eigenvalue weighted by Crippen LogP contribution is -2.22. The Morgan fingerprint density at radius 1 is 1.32 bits per heavy atom. The number of nitrogens with one attached hydrogen (secondary N) is 1. The molecule has 0 aromatic carbocycles. The molecule has 0 radical (unpaired) electrons. The van der Waals surface area contributed by atoms with Crippen LogP contribution in [0.15, 0.2) is 21.2 Å². The Morgan fingerprint density at radius 2 is 2.00 bits per heavy atom. The molecule has 2 aromatic heterocycles. The van der Waals surface area contributed by atoms with Gasteiger partial charge in [-0.25, -0.2) is 0 Å². The van der Waals surface area contributed by atoms with E-state index in [9.17, 15) is 4.79 Å². The first-order valence-corrected chi connectivity index (χ1v) is 6.87. The van der Waals surface area contributed by atoms with Crippen molar-refractivity contribution in [1.82, 2.24) is 10.3 Å². The number of carbonyl (C=O) groups is 1. The lowest BCUT2D eigenvalue weighted by Gasteiger charge is -2.08. The number of rotatable bonds is 5. The minimum absolute atomic E-state index is 0.112. The molecule has 1 atom stereocenters. The van der Waals surface area contributed by atoms with Gasteiger partial charge in [-0.3, -0.25) is 4.79 Å². The summed E-state index contributed by atoms with van der Waals surface area (Å²) in [5.41, 5.74) is 0.833. The van der Waals surface area contributed by atoms with Gasteiger partial charge in [0.25, 0.3) is 0 Å². The van der Waals surface area contributed by atoms with Crippen molar-refractivity contribution in [3.8, 4) is 0 Å². The minimum atomic E-state index is -0.214. The third-order valence-corrected chi connectivity index (χ3v) is 3.58. The topological polar surface area (TPSA) is 81.2 Å². The van der Waals surface area contributed by atoms with Crippen LogP contribution in [-0.2, 0) is 10.5 Å². The zero-order valence-corrected chi connectivity index (χ0v) is 11.8. The van der Waals surface area contributed by atoms with E-state index in [0.29, 0.717) is 17.3 Å². The third-order valence-electron chi connectivity index (χ3n) is 2.41. The molecule has 0 bridgehead atoms. The van der Waals surface area contributed by atoms with Crippen LogP contribution in [0.4, 0.5) is 5.82 Å². The molecule has 0 aliphatic rings. The van der Waals surface area contributed by atoms with Crippen LogP contribution >= 0.6 is 11.8 Å². The highest BCUT2D eigenvalue weighted by Gasteiger charge is 2.16. The van der Waals surface area contributed by atoms with Gasteiger partial charge in [-0.1, -0.05) is 10.3 Å². The van der Waals surface area contributed by atoms with E-state index in [2.05, 4.69) is 15.6 Å². The molecule has 102 valence electrons. The molecule has 2 rings (SSSR count). The van der Waals surface area contributed by atoms with Gasteiger partial charge in [-0.05, 0) is 20.8 Å². The molecular weight excluding hydrogens is 266 g/mol. The van der Waals surface area contributed by atoms with Crippen LogP contribution in [0.5, 0.6) is 0 Å². The fourth-order valence-electron chi connectivity index (χ4n) is 1.43. The number of aromatic nitrogens is 2. The predicted octanol–water partition coefficient (Wildman–Crippen LogP) is 2.54. The van der Waals surface area contributed by atoms with Gasteiger partial charge in [0.1, 0.15) is 11.5 Å². The van der Waals surface area contributed by atoms with Crippen LogP contribution in [0.25, 0.3) is 0 Å². The van der Waals surface area contributed by atoms with Crippen molar-refractivity contribution in [2.24, 2.45) is 0 Å². The maximum Gasteiger partial charge on any atom is 0.238 e. The molecule has 1 unspecified atom stereocenters. The lowest BCUT2D eigenvalue weighted by molar-refractivity contribution is -0.115. The summed E-state index contributed by atoms with van der Waals surface area (Å²) in [5.74, 6) is 2.38. The quantitative estimate of drug-likeness (QED) is 0.907. The predicted molar refractivity (Wildman–Crippen MR) is 71.9 cm³/mol. The Labute approximate surface area is 114 Å².